The minimum absolute atomic E-state index is 0. The van der Waals surface area contributed by atoms with Crippen molar-refractivity contribution in [3.05, 3.63) is 82.8 Å². The molecule has 1 atom stereocenters. The van der Waals surface area contributed by atoms with Crippen molar-refractivity contribution < 1.29 is 44.1 Å². The van der Waals surface area contributed by atoms with Crippen LogP contribution >= 0.6 is 11.8 Å². The number of nitrogens with one attached hydrogen (secondary N) is 1. The maximum absolute atomic E-state index is 13.1. The minimum Gasteiger partial charge on any atom is -1.00 e. The molecular formula is C26H30LiNO5S. The van der Waals surface area contributed by atoms with E-state index in [-0.39, 0.29) is 20.3 Å². The van der Waals surface area contributed by atoms with Gasteiger partial charge in [-0.1, -0.05) is 30.3 Å². The molecule has 1 unspecified atom stereocenters. The molecule has 0 aliphatic rings. The Morgan fingerprint density at radius 1 is 1.09 bits per heavy atom. The number of aryl methyl sites for hydroxylation is 2. The SMILES string of the molecule is CSCCC(NC(=O)c1ccc(COCc2ccc(C)o2)cc1-c1ccccc1C)C(=O)O.[H-].[Li+]. The van der Waals surface area contributed by atoms with Crippen LogP contribution in [0.25, 0.3) is 11.1 Å². The van der Waals surface area contributed by atoms with Crippen LogP contribution in [-0.2, 0) is 22.7 Å². The summed E-state index contributed by atoms with van der Waals surface area (Å²) in [4.78, 5) is 24.7. The van der Waals surface area contributed by atoms with Gasteiger partial charge in [-0.05, 0) is 78.8 Å². The molecule has 1 amide bonds. The van der Waals surface area contributed by atoms with Gasteiger partial charge >= 0.3 is 24.8 Å². The summed E-state index contributed by atoms with van der Waals surface area (Å²) in [6.07, 6.45) is 2.27. The zero-order chi connectivity index (χ0) is 23.8. The Labute approximate surface area is 218 Å². The minimum atomic E-state index is -1.03. The second-order valence-electron chi connectivity index (χ2n) is 7.85. The first-order chi connectivity index (χ1) is 15.9. The van der Waals surface area contributed by atoms with Gasteiger partial charge in [-0.25, -0.2) is 4.79 Å². The van der Waals surface area contributed by atoms with Crippen molar-refractivity contribution >= 4 is 23.6 Å². The number of amides is 1. The maximum Gasteiger partial charge on any atom is 1.00 e. The number of hydrogen-bond donors (Lipinski definition) is 2. The Hall–Kier alpha value is -2.43. The fourth-order valence-corrected chi connectivity index (χ4v) is 4.01. The van der Waals surface area contributed by atoms with Crippen LogP contribution in [-0.4, -0.2) is 35.0 Å². The van der Waals surface area contributed by atoms with Crippen LogP contribution in [0, 0.1) is 13.8 Å². The standard InChI is InChI=1S/C26H29NO5S.Li.H/c1-17-6-4-5-7-21(17)23-14-19(15-31-16-20-10-8-18(2)32-20)9-11-22(23)25(28)27-24(26(29)30)12-13-33-3;;/h4-11,14,24H,12-13,15-16H2,1-3H3,(H,27,28)(H,29,30);;/q;+1;-1. The van der Waals surface area contributed by atoms with Crippen molar-refractivity contribution in [3.8, 4) is 11.1 Å². The van der Waals surface area contributed by atoms with Crippen molar-refractivity contribution in [1.29, 1.82) is 0 Å². The number of carboxylic acids is 1. The van der Waals surface area contributed by atoms with Crippen molar-refractivity contribution in [2.45, 2.75) is 39.5 Å². The van der Waals surface area contributed by atoms with E-state index >= 15 is 0 Å². The molecule has 0 saturated heterocycles. The smallest absolute Gasteiger partial charge is 1.00 e. The molecule has 176 valence electrons. The number of aliphatic carboxylic acids is 1. The Morgan fingerprint density at radius 2 is 1.85 bits per heavy atom. The largest absolute Gasteiger partial charge is 1.00 e. The van der Waals surface area contributed by atoms with Crippen LogP contribution in [0.5, 0.6) is 0 Å². The monoisotopic (exact) mass is 475 g/mol. The van der Waals surface area contributed by atoms with Gasteiger partial charge in [0.05, 0.1) is 6.61 Å². The zero-order valence-electron chi connectivity index (χ0n) is 21.1. The summed E-state index contributed by atoms with van der Waals surface area (Å²) < 4.78 is 11.3. The average Bonchev–Trinajstić information content (AvgIpc) is 3.21. The quantitative estimate of drug-likeness (QED) is 0.414. The predicted octanol–water partition coefficient (Wildman–Crippen LogP) is 2.33. The number of carbonyl (C=O) groups excluding carboxylic acids is 1. The molecule has 34 heavy (non-hydrogen) atoms. The molecule has 0 bridgehead atoms. The summed E-state index contributed by atoms with van der Waals surface area (Å²) >= 11 is 1.55. The zero-order valence-corrected chi connectivity index (χ0v) is 20.9. The third kappa shape index (κ3) is 7.54. The Bertz CT molecular complexity index is 1120. The first-order valence-corrected chi connectivity index (χ1v) is 12.1. The Kier molecular flexibility index (Phi) is 11.0. The summed E-state index contributed by atoms with van der Waals surface area (Å²) in [5, 5.41) is 12.2. The number of hydrogen-bond acceptors (Lipinski definition) is 5. The van der Waals surface area contributed by atoms with Crippen LogP contribution in [0.1, 0.15) is 40.9 Å². The van der Waals surface area contributed by atoms with Crippen molar-refractivity contribution in [3.63, 3.8) is 0 Å². The molecule has 0 fully saturated rings. The number of rotatable bonds is 11. The summed E-state index contributed by atoms with van der Waals surface area (Å²) in [6, 6.07) is 16.2. The number of benzene rings is 2. The molecule has 6 nitrogen and oxygen atoms in total. The molecule has 1 aromatic heterocycles. The van der Waals surface area contributed by atoms with Crippen LogP contribution in [0.4, 0.5) is 0 Å². The van der Waals surface area contributed by atoms with E-state index in [1.807, 2.05) is 68.6 Å². The van der Waals surface area contributed by atoms with Crippen LogP contribution in [0.2, 0.25) is 0 Å². The van der Waals surface area contributed by atoms with E-state index in [0.29, 0.717) is 31.0 Å². The van der Waals surface area contributed by atoms with E-state index < -0.39 is 17.9 Å². The normalized spacial score (nSPS) is 11.5. The molecule has 2 aromatic carbocycles. The van der Waals surface area contributed by atoms with Crippen LogP contribution in [0.3, 0.4) is 0 Å². The molecule has 0 spiro atoms. The van der Waals surface area contributed by atoms with E-state index in [1.54, 1.807) is 17.8 Å². The molecule has 1 heterocycles. The Morgan fingerprint density at radius 3 is 2.50 bits per heavy atom. The van der Waals surface area contributed by atoms with E-state index in [9.17, 15) is 14.7 Å². The first-order valence-electron chi connectivity index (χ1n) is 10.7. The van der Waals surface area contributed by atoms with E-state index in [2.05, 4.69) is 5.32 Å². The second kappa shape index (κ2) is 13.5. The van der Waals surface area contributed by atoms with Gasteiger partial charge in [0.1, 0.15) is 24.2 Å². The van der Waals surface area contributed by atoms with Gasteiger partial charge in [-0.2, -0.15) is 11.8 Å². The first kappa shape index (κ1) is 27.8. The van der Waals surface area contributed by atoms with E-state index in [0.717, 1.165) is 33.8 Å². The summed E-state index contributed by atoms with van der Waals surface area (Å²) in [6.45, 7) is 4.58. The topological polar surface area (TPSA) is 88.8 Å². The summed E-state index contributed by atoms with van der Waals surface area (Å²) in [7, 11) is 0. The molecule has 3 rings (SSSR count). The number of thioether (sulfide) groups is 1. The summed E-state index contributed by atoms with van der Waals surface area (Å²) in [5.41, 5.74) is 4.03. The van der Waals surface area contributed by atoms with Gasteiger partial charge < -0.3 is 21.0 Å². The number of carbonyl (C=O) groups is 2. The number of ether oxygens (including phenoxy) is 1. The van der Waals surface area contributed by atoms with Crippen molar-refractivity contribution in [2.24, 2.45) is 0 Å². The van der Waals surface area contributed by atoms with Gasteiger partial charge in [-0.3, -0.25) is 4.79 Å². The van der Waals surface area contributed by atoms with Gasteiger partial charge in [0.2, 0.25) is 0 Å². The fraction of sp³-hybridized carbons (Fsp3) is 0.308. The molecule has 0 saturated carbocycles. The third-order valence-electron chi connectivity index (χ3n) is 5.29. The Balaban J connectivity index is 0.00000306. The van der Waals surface area contributed by atoms with E-state index in [1.165, 1.54) is 0 Å². The van der Waals surface area contributed by atoms with Gasteiger partial charge in [0.25, 0.3) is 5.91 Å². The van der Waals surface area contributed by atoms with Gasteiger partial charge in [0, 0.05) is 5.56 Å². The molecule has 0 aliphatic carbocycles. The number of carboxylic acid groups (broad SMARTS) is 1. The van der Waals surface area contributed by atoms with Gasteiger partial charge in [-0.15, -0.1) is 0 Å². The maximum atomic E-state index is 13.1. The fourth-order valence-electron chi connectivity index (χ4n) is 3.54. The van der Waals surface area contributed by atoms with Gasteiger partial charge in [0.15, 0.2) is 0 Å². The molecule has 2 N–H and O–H groups in total. The third-order valence-corrected chi connectivity index (χ3v) is 5.93. The number of furan rings is 1. The molecule has 3 aromatic rings. The molecule has 8 heteroatoms. The second-order valence-corrected chi connectivity index (χ2v) is 8.83. The molecular weight excluding hydrogens is 445 g/mol. The average molecular weight is 476 g/mol. The van der Waals surface area contributed by atoms with Crippen LogP contribution in [0.15, 0.2) is 59.0 Å². The van der Waals surface area contributed by atoms with E-state index in [4.69, 9.17) is 9.15 Å². The van der Waals surface area contributed by atoms with Crippen molar-refractivity contribution in [2.75, 3.05) is 12.0 Å². The molecule has 0 radical (unpaired) electrons. The molecule has 0 aliphatic heterocycles. The van der Waals surface area contributed by atoms with Crippen molar-refractivity contribution in [1.82, 2.24) is 5.32 Å². The van der Waals surface area contributed by atoms with Crippen LogP contribution < -0.4 is 24.2 Å². The summed E-state index contributed by atoms with van der Waals surface area (Å²) in [5.74, 6) is 0.803. The predicted molar refractivity (Wildman–Crippen MR) is 132 cm³/mol.